The lowest BCUT2D eigenvalue weighted by Crippen LogP contribution is -2.09. The lowest BCUT2D eigenvalue weighted by Gasteiger charge is -2.25. The summed E-state index contributed by atoms with van der Waals surface area (Å²) in [4.78, 5) is 16.0. The Balaban J connectivity index is 1.39. The van der Waals surface area contributed by atoms with E-state index in [2.05, 4.69) is 73.3 Å². The van der Waals surface area contributed by atoms with Gasteiger partial charge in [-0.1, -0.05) is 63.1 Å². The molecule has 208 valence electrons. The van der Waals surface area contributed by atoms with Crippen molar-refractivity contribution in [1.82, 2.24) is 0 Å². The van der Waals surface area contributed by atoms with Crippen molar-refractivity contribution in [1.29, 1.82) is 0 Å². The molecular weight excluding hydrogens is 518 g/mol. The van der Waals surface area contributed by atoms with Crippen molar-refractivity contribution in [3.8, 4) is 0 Å². The summed E-state index contributed by atoms with van der Waals surface area (Å²) in [7, 11) is 0. The third-order valence-corrected chi connectivity index (χ3v) is 8.17. The van der Waals surface area contributed by atoms with Crippen LogP contribution in [0.2, 0.25) is 0 Å². The summed E-state index contributed by atoms with van der Waals surface area (Å²) in [6, 6.07) is 34.9. The number of fused-ring (bicyclic) bond motifs is 5. The summed E-state index contributed by atoms with van der Waals surface area (Å²) < 4.78 is 12.8. The van der Waals surface area contributed by atoms with Gasteiger partial charge in [0.15, 0.2) is 0 Å². The molecule has 0 saturated carbocycles. The predicted octanol–water partition coefficient (Wildman–Crippen LogP) is 10.6. The first kappa shape index (κ1) is 26.1. The zero-order valence-electron chi connectivity index (χ0n) is 24.0. The normalized spacial score (nSPS) is 11.7. The van der Waals surface area contributed by atoms with Gasteiger partial charge in [-0.2, -0.15) is 0 Å². The van der Waals surface area contributed by atoms with Gasteiger partial charge in [0.25, 0.3) is 0 Å². The molecule has 0 fully saturated rings. The zero-order valence-corrected chi connectivity index (χ0v) is 24.0. The number of benzene rings is 5. The topological polar surface area (TPSA) is 46.6 Å². The van der Waals surface area contributed by atoms with Crippen LogP contribution >= 0.6 is 0 Å². The molecular formula is C38H33NO3. The predicted molar refractivity (Wildman–Crippen MR) is 175 cm³/mol. The molecule has 0 N–H and O–H groups in total. The van der Waals surface area contributed by atoms with Crippen molar-refractivity contribution < 1.29 is 8.83 Å². The van der Waals surface area contributed by atoms with Crippen molar-refractivity contribution in [2.24, 2.45) is 0 Å². The molecule has 0 amide bonds. The number of anilines is 3. The van der Waals surface area contributed by atoms with E-state index < -0.39 is 0 Å². The number of rotatable bonds is 8. The molecule has 0 aliphatic heterocycles. The van der Waals surface area contributed by atoms with Gasteiger partial charge in [0, 0.05) is 40.0 Å². The van der Waals surface area contributed by atoms with Crippen LogP contribution in [0.15, 0.2) is 117 Å². The number of unbranched alkanes of at least 4 members (excludes halogenated alkanes) is 1. The minimum Gasteiger partial charge on any atom is -0.456 e. The van der Waals surface area contributed by atoms with Crippen LogP contribution in [0.4, 0.5) is 17.1 Å². The van der Waals surface area contributed by atoms with Crippen LogP contribution in [0.25, 0.3) is 43.9 Å². The summed E-state index contributed by atoms with van der Waals surface area (Å²) in [6.45, 7) is 4.39. The van der Waals surface area contributed by atoms with Gasteiger partial charge in [-0.15, -0.1) is 0 Å². The van der Waals surface area contributed by atoms with E-state index in [1.54, 1.807) is 0 Å². The molecule has 2 heterocycles. The maximum Gasteiger partial charge on any atom is 0.200 e. The first-order valence-electron chi connectivity index (χ1n) is 14.9. The summed E-state index contributed by atoms with van der Waals surface area (Å²) >= 11 is 0. The molecule has 0 saturated heterocycles. The zero-order chi connectivity index (χ0) is 28.6. The van der Waals surface area contributed by atoms with Gasteiger partial charge in [0.1, 0.15) is 22.3 Å². The molecule has 0 unspecified atom stereocenters. The van der Waals surface area contributed by atoms with Crippen LogP contribution in [0, 0.1) is 0 Å². The Labute approximate surface area is 244 Å². The van der Waals surface area contributed by atoms with Crippen molar-refractivity contribution in [2.75, 3.05) is 4.90 Å². The second kappa shape index (κ2) is 10.9. The summed E-state index contributed by atoms with van der Waals surface area (Å²) in [5, 5.41) is 3.12. The van der Waals surface area contributed by atoms with E-state index in [9.17, 15) is 4.79 Å². The fourth-order valence-corrected chi connectivity index (χ4v) is 6.09. The second-order valence-corrected chi connectivity index (χ2v) is 11.0. The summed E-state index contributed by atoms with van der Waals surface area (Å²) in [5.41, 5.74) is 8.34. The van der Waals surface area contributed by atoms with Gasteiger partial charge >= 0.3 is 0 Å². The largest absolute Gasteiger partial charge is 0.456 e. The average molecular weight is 552 g/mol. The van der Waals surface area contributed by atoms with E-state index in [4.69, 9.17) is 8.83 Å². The Hall–Kier alpha value is -4.83. The van der Waals surface area contributed by atoms with Gasteiger partial charge in [-0.25, -0.2) is 0 Å². The molecule has 7 aromatic rings. The first-order valence-corrected chi connectivity index (χ1v) is 14.9. The Morgan fingerprint density at radius 2 is 1.12 bits per heavy atom. The van der Waals surface area contributed by atoms with Crippen molar-refractivity contribution in [2.45, 2.75) is 46.0 Å². The first-order chi connectivity index (χ1) is 20.6. The number of hydrogen-bond acceptors (Lipinski definition) is 4. The molecule has 4 heteroatoms. The van der Waals surface area contributed by atoms with Gasteiger partial charge in [-0.3, -0.25) is 4.79 Å². The Morgan fingerprint density at radius 1 is 0.524 bits per heavy atom. The maximum atomic E-state index is 13.8. The highest BCUT2D eigenvalue weighted by atomic mass is 16.3. The standard InChI is InChI=1S/C38H33NO3/c1-3-5-13-26-21-34-32(20-25(26)12-4-2)38(40)33-23-31-30-19-18-29(22-35(30)42-36(31)24-37(33)41-34)39(27-14-8-6-9-15-27)28-16-10-7-11-17-28/h6-11,14-24H,3-5,12-13H2,1-2H3. The van der Waals surface area contributed by atoms with Crippen LogP contribution in [0.1, 0.15) is 44.2 Å². The fraction of sp³-hybridized carbons (Fsp3) is 0.184. The highest BCUT2D eigenvalue weighted by molar-refractivity contribution is 6.10. The van der Waals surface area contributed by atoms with Crippen LogP contribution in [0.5, 0.6) is 0 Å². The number of hydrogen-bond donors (Lipinski definition) is 0. The number of nitrogens with zero attached hydrogens (tertiary/aromatic N) is 1. The van der Waals surface area contributed by atoms with E-state index in [1.165, 1.54) is 11.1 Å². The lowest BCUT2D eigenvalue weighted by atomic mass is 9.96. The Bertz CT molecular complexity index is 2070. The molecule has 0 aliphatic rings. The smallest absolute Gasteiger partial charge is 0.200 e. The van der Waals surface area contributed by atoms with Crippen LogP contribution in [-0.4, -0.2) is 0 Å². The molecule has 0 spiro atoms. The fourth-order valence-electron chi connectivity index (χ4n) is 6.09. The quantitative estimate of drug-likeness (QED) is 0.176. The lowest BCUT2D eigenvalue weighted by molar-refractivity contribution is 0.649. The third-order valence-electron chi connectivity index (χ3n) is 8.17. The molecule has 0 aliphatic carbocycles. The Kier molecular flexibility index (Phi) is 6.75. The van der Waals surface area contributed by atoms with Crippen molar-refractivity contribution in [3.05, 3.63) is 124 Å². The van der Waals surface area contributed by atoms with Crippen molar-refractivity contribution in [3.63, 3.8) is 0 Å². The number of para-hydroxylation sites is 2. The van der Waals surface area contributed by atoms with E-state index in [1.807, 2.05) is 48.5 Å². The van der Waals surface area contributed by atoms with Crippen LogP contribution in [-0.2, 0) is 12.8 Å². The second-order valence-electron chi connectivity index (χ2n) is 11.0. The van der Waals surface area contributed by atoms with Crippen molar-refractivity contribution >= 4 is 60.9 Å². The van der Waals surface area contributed by atoms with E-state index in [0.717, 1.165) is 65.5 Å². The molecule has 0 bridgehead atoms. The van der Waals surface area contributed by atoms with Gasteiger partial charge in [-0.05, 0) is 85.0 Å². The minimum atomic E-state index is 0.0119. The molecule has 2 aromatic heterocycles. The van der Waals surface area contributed by atoms with Gasteiger partial charge < -0.3 is 13.7 Å². The SMILES string of the molecule is CCCCc1cc2oc3cc4oc5cc(N(c6ccccc6)c6ccccc6)ccc5c4cc3c(=O)c2cc1CCC. The molecule has 0 radical (unpaired) electrons. The van der Waals surface area contributed by atoms with E-state index in [0.29, 0.717) is 27.5 Å². The van der Waals surface area contributed by atoms with Gasteiger partial charge in [0.05, 0.1) is 10.8 Å². The van der Waals surface area contributed by atoms with Crippen LogP contribution < -0.4 is 10.3 Å². The maximum absolute atomic E-state index is 13.8. The van der Waals surface area contributed by atoms with E-state index >= 15 is 0 Å². The molecule has 7 rings (SSSR count). The average Bonchev–Trinajstić information content (AvgIpc) is 3.37. The molecule has 0 atom stereocenters. The van der Waals surface area contributed by atoms with Crippen LogP contribution in [0.3, 0.4) is 0 Å². The van der Waals surface area contributed by atoms with Gasteiger partial charge in [0.2, 0.25) is 5.43 Å². The Morgan fingerprint density at radius 3 is 1.79 bits per heavy atom. The highest BCUT2D eigenvalue weighted by Gasteiger charge is 2.18. The molecule has 42 heavy (non-hydrogen) atoms. The molecule has 5 aromatic carbocycles. The summed E-state index contributed by atoms with van der Waals surface area (Å²) in [6.07, 6.45) is 5.25. The minimum absolute atomic E-state index is 0.0119. The third kappa shape index (κ3) is 4.53. The highest BCUT2D eigenvalue weighted by Crippen LogP contribution is 2.39. The molecule has 4 nitrogen and oxygen atoms in total. The number of aryl methyl sites for hydroxylation is 2. The van der Waals surface area contributed by atoms with E-state index in [-0.39, 0.29) is 5.43 Å². The summed E-state index contributed by atoms with van der Waals surface area (Å²) in [5.74, 6) is 0. The number of furan rings is 1. The monoisotopic (exact) mass is 551 g/mol.